The van der Waals surface area contributed by atoms with E-state index in [0.29, 0.717) is 25.8 Å². The number of hydrogen-bond donors (Lipinski definition) is 2. The fourth-order valence-corrected chi connectivity index (χ4v) is 3.88. The summed E-state index contributed by atoms with van der Waals surface area (Å²) < 4.78 is 5.77. The lowest BCUT2D eigenvalue weighted by Crippen LogP contribution is -2.48. The van der Waals surface area contributed by atoms with Crippen LogP contribution in [0, 0.1) is 0 Å². The zero-order chi connectivity index (χ0) is 19.9. The molecule has 2 fully saturated rings. The second kappa shape index (κ2) is 9.90. The average Bonchev–Trinajstić information content (AvgIpc) is 3.60. The summed E-state index contributed by atoms with van der Waals surface area (Å²) in [5.74, 6) is 0. The maximum atomic E-state index is 12.2. The minimum Gasteiger partial charge on any atom is -0.372 e. The Hall–Kier alpha value is -2.37. The second-order valence-electron chi connectivity index (χ2n) is 8.16. The molecular formula is C24H31N3O2. The fraction of sp³-hybridized carbons (Fsp3) is 0.458. The molecule has 2 N–H and O–H groups in total. The molecule has 2 aromatic rings. The maximum absolute atomic E-state index is 12.2. The van der Waals surface area contributed by atoms with Gasteiger partial charge in [-0.1, -0.05) is 54.6 Å². The number of rotatable bonds is 8. The van der Waals surface area contributed by atoms with Crippen molar-refractivity contribution in [1.82, 2.24) is 15.5 Å². The minimum atomic E-state index is -0.0647. The van der Waals surface area contributed by atoms with E-state index in [1.807, 2.05) is 18.2 Å². The van der Waals surface area contributed by atoms with Gasteiger partial charge in [0.05, 0.1) is 13.2 Å². The van der Waals surface area contributed by atoms with E-state index in [-0.39, 0.29) is 6.03 Å². The van der Waals surface area contributed by atoms with Crippen LogP contribution >= 0.6 is 0 Å². The van der Waals surface area contributed by atoms with Gasteiger partial charge >= 0.3 is 6.03 Å². The summed E-state index contributed by atoms with van der Waals surface area (Å²) in [5.41, 5.74) is 3.41. The van der Waals surface area contributed by atoms with Crippen LogP contribution in [0.15, 0.2) is 54.6 Å². The maximum Gasteiger partial charge on any atom is 0.315 e. The van der Waals surface area contributed by atoms with Crippen LogP contribution in [0.1, 0.15) is 42.4 Å². The van der Waals surface area contributed by atoms with E-state index in [2.05, 4.69) is 51.9 Å². The molecule has 5 heteroatoms. The summed E-state index contributed by atoms with van der Waals surface area (Å²) >= 11 is 0. The van der Waals surface area contributed by atoms with Gasteiger partial charge in [-0.2, -0.15) is 0 Å². The van der Waals surface area contributed by atoms with Gasteiger partial charge in [-0.3, -0.25) is 0 Å². The number of urea groups is 1. The van der Waals surface area contributed by atoms with Gasteiger partial charge in [0.15, 0.2) is 0 Å². The van der Waals surface area contributed by atoms with E-state index in [0.717, 1.165) is 43.1 Å². The van der Waals surface area contributed by atoms with Crippen molar-refractivity contribution in [3.8, 4) is 0 Å². The Morgan fingerprint density at radius 2 is 1.48 bits per heavy atom. The van der Waals surface area contributed by atoms with E-state index >= 15 is 0 Å². The van der Waals surface area contributed by atoms with Gasteiger partial charge < -0.3 is 20.3 Å². The van der Waals surface area contributed by atoms with Gasteiger partial charge in [0, 0.05) is 31.7 Å². The van der Waals surface area contributed by atoms with E-state index in [1.165, 1.54) is 18.4 Å². The molecule has 1 saturated carbocycles. The van der Waals surface area contributed by atoms with Crippen LogP contribution in [-0.4, -0.2) is 36.1 Å². The highest BCUT2D eigenvalue weighted by Gasteiger charge is 2.32. The van der Waals surface area contributed by atoms with Crippen molar-refractivity contribution >= 4 is 6.03 Å². The van der Waals surface area contributed by atoms with Crippen molar-refractivity contribution in [2.24, 2.45) is 0 Å². The molecule has 2 aromatic carbocycles. The van der Waals surface area contributed by atoms with Crippen molar-refractivity contribution in [3.05, 3.63) is 71.3 Å². The Balaban J connectivity index is 1.13. The first-order valence-electron chi connectivity index (χ1n) is 10.7. The quantitative estimate of drug-likeness (QED) is 0.717. The number of ether oxygens (including phenoxy) is 1. The summed E-state index contributed by atoms with van der Waals surface area (Å²) in [6, 6.07) is 19.5. The van der Waals surface area contributed by atoms with E-state index < -0.39 is 0 Å². The molecule has 0 bridgehead atoms. The van der Waals surface area contributed by atoms with Crippen LogP contribution in [0.25, 0.3) is 0 Å². The molecule has 0 aromatic heterocycles. The van der Waals surface area contributed by atoms with Crippen LogP contribution in [0.5, 0.6) is 0 Å². The summed E-state index contributed by atoms with van der Waals surface area (Å²) in [5, 5.41) is 6.11. The van der Waals surface area contributed by atoms with Crippen LogP contribution in [0.2, 0.25) is 0 Å². The van der Waals surface area contributed by atoms with Gasteiger partial charge in [-0.05, 0) is 42.4 Å². The highest BCUT2D eigenvalue weighted by atomic mass is 16.5. The molecule has 0 unspecified atom stereocenters. The third kappa shape index (κ3) is 6.31. The molecule has 0 atom stereocenters. The zero-order valence-electron chi connectivity index (χ0n) is 17.0. The molecule has 0 radical (unpaired) electrons. The van der Waals surface area contributed by atoms with Gasteiger partial charge in [-0.15, -0.1) is 0 Å². The Bertz CT molecular complexity index is 766. The Labute approximate surface area is 173 Å². The second-order valence-corrected chi connectivity index (χ2v) is 8.16. The molecule has 4 rings (SSSR count). The van der Waals surface area contributed by atoms with E-state index in [1.54, 1.807) is 0 Å². The highest BCUT2D eigenvalue weighted by molar-refractivity contribution is 5.74. The Morgan fingerprint density at radius 1 is 0.862 bits per heavy atom. The van der Waals surface area contributed by atoms with Crippen LogP contribution in [0.4, 0.5) is 4.79 Å². The number of benzene rings is 2. The van der Waals surface area contributed by atoms with E-state index in [4.69, 9.17) is 4.74 Å². The third-order valence-corrected chi connectivity index (χ3v) is 5.78. The molecule has 1 aliphatic heterocycles. The standard InChI is InChI=1S/C24H31N3O2/c28-24(26-22-12-14-27(15-13-22)23-10-11-23)25-16-19-6-8-21(9-7-19)18-29-17-20-4-2-1-3-5-20/h1-9,22-23H,10-18H2,(H2,25,26,28). The van der Waals surface area contributed by atoms with Gasteiger partial charge in [0.2, 0.25) is 0 Å². The normalized spacial score (nSPS) is 17.8. The lowest BCUT2D eigenvalue weighted by atomic mass is 10.1. The van der Waals surface area contributed by atoms with Crippen molar-refractivity contribution in [1.29, 1.82) is 0 Å². The first kappa shape index (κ1) is 19.9. The third-order valence-electron chi connectivity index (χ3n) is 5.78. The van der Waals surface area contributed by atoms with Gasteiger partial charge in [-0.25, -0.2) is 4.79 Å². The van der Waals surface area contributed by atoms with Gasteiger partial charge in [0.25, 0.3) is 0 Å². The van der Waals surface area contributed by atoms with E-state index in [9.17, 15) is 4.79 Å². The molecule has 2 aliphatic rings. The van der Waals surface area contributed by atoms with Crippen LogP contribution in [-0.2, 0) is 24.5 Å². The highest BCUT2D eigenvalue weighted by Crippen LogP contribution is 2.29. The number of carbonyl (C=O) groups is 1. The predicted molar refractivity (Wildman–Crippen MR) is 114 cm³/mol. The van der Waals surface area contributed by atoms with Crippen molar-refractivity contribution in [2.75, 3.05) is 13.1 Å². The molecule has 29 heavy (non-hydrogen) atoms. The SMILES string of the molecule is O=C(NCc1ccc(COCc2ccccc2)cc1)NC1CCN(C2CC2)CC1. The first-order valence-corrected chi connectivity index (χ1v) is 10.7. The summed E-state index contributed by atoms with van der Waals surface area (Å²) in [7, 11) is 0. The summed E-state index contributed by atoms with van der Waals surface area (Å²) in [6.07, 6.45) is 4.83. The van der Waals surface area contributed by atoms with Crippen LogP contribution in [0.3, 0.4) is 0 Å². The predicted octanol–water partition coefficient (Wildman–Crippen LogP) is 3.83. The number of piperidine rings is 1. The smallest absolute Gasteiger partial charge is 0.315 e. The van der Waals surface area contributed by atoms with Crippen LogP contribution < -0.4 is 10.6 Å². The number of amides is 2. The molecule has 1 saturated heterocycles. The number of nitrogens with one attached hydrogen (secondary N) is 2. The number of carbonyl (C=O) groups excluding carboxylic acids is 1. The monoisotopic (exact) mass is 393 g/mol. The molecule has 1 heterocycles. The van der Waals surface area contributed by atoms with Crippen molar-refractivity contribution in [2.45, 2.75) is 57.5 Å². The lowest BCUT2D eigenvalue weighted by molar-refractivity contribution is 0.107. The minimum absolute atomic E-state index is 0.0647. The largest absolute Gasteiger partial charge is 0.372 e. The topological polar surface area (TPSA) is 53.6 Å². The van der Waals surface area contributed by atoms with Crippen molar-refractivity contribution < 1.29 is 9.53 Å². The summed E-state index contributed by atoms with van der Waals surface area (Å²) in [6.45, 7) is 3.97. The molecule has 2 amide bonds. The fourth-order valence-electron chi connectivity index (χ4n) is 3.88. The number of hydrogen-bond acceptors (Lipinski definition) is 3. The Kier molecular flexibility index (Phi) is 6.80. The average molecular weight is 394 g/mol. The van der Waals surface area contributed by atoms with Crippen molar-refractivity contribution in [3.63, 3.8) is 0 Å². The molecular weight excluding hydrogens is 362 g/mol. The zero-order valence-corrected chi connectivity index (χ0v) is 17.0. The molecule has 1 aliphatic carbocycles. The van der Waals surface area contributed by atoms with Gasteiger partial charge in [0.1, 0.15) is 0 Å². The number of likely N-dealkylation sites (tertiary alicyclic amines) is 1. The summed E-state index contributed by atoms with van der Waals surface area (Å²) in [4.78, 5) is 14.8. The molecule has 154 valence electrons. The molecule has 0 spiro atoms. The molecule has 5 nitrogen and oxygen atoms in total. The number of nitrogens with zero attached hydrogens (tertiary/aromatic N) is 1. The Morgan fingerprint density at radius 3 is 2.14 bits per heavy atom. The lowest BCUT2D eigenvalue weighted by Gasteiger charge is -2.32. The first-order chi connectivity index (χ1) is 14.3.